The van der Waals surface area contributed by atoms with Crippen molar-refractivity contribution in [3.8, 4) is 5.75 Å². The average Bonchev–Trinajstić information content (AvgIpc) is 2.71. The zero-order valence-electron chi connectivity index (χ0n) is 15.7. The van der Waals surface area contributed by atoms with Crippen molar-refractivity contribution in [2.75, 3.05) is 13.2 Å². The van der Waals surface area contributed by atoms with E-state index < -0.39 is 12.1 Å². The van der Waals surface area contributed by atoms with Gasteiger partial charge in [0.25, 0.3) is 0 Å². The van der Waals surface area contributed by atoms with E-state index in [-0.39, 0.29) is 6.61 Å². The molecule has 3 N–H and O–H groups in total. The van der Waals surface area contributed by atoms with Crippen LogP contribution in [0.5, 0.6) is 5.75 Å². The van der Waals surface area contributed by atoms with Crippen molar-refractivity contribution in [2.24, 2.45) is 0 Å². The quantitative estimate of drug-likeness (QED) is 0.617. The second-order valence-electron chi connectivity index (χ2n) is 7.29. The van der Waals surface area contributed by atoms with Crippen molar-refractivity contribution < 1.29 is 19.7 Å². The Morgan fingerprint density at radius 2 is 2.04 bits per heavy atom. The van der Waals surface area contributed by atoms with E-state index in [2.05, 4.69) is 11.4 Å². The molecule has 0 amide bonds. The molecule has 0 radical (unpaired) electrons. The van der Waals surface area contributed by atoms with E-state index in [0.717, 1.165) is 31.2 Å². The van der Waals surface area contributed by atoms with E-state index >= 15 is 0 Å². The molecule has 0 saturated heterocycles. The molecule has 1 saturated carbocycles. The van der Waals surface area contributed by atoms with Crippen LogP contribution in [0.2, 0.25) is 5.02 Å². The highest BCUT2D eigenvalue weighted by molar-refractivity contribution is 6.30. The lowest BCUT2D eigenvalue weighted by molar-refractivity contribution is -0.139. The van der Waals surface area contributed by atoms with Crippen LogP contribution in [0.15, 0.2) is 48.5 Å². The minimum atomic E-state index is -0.981. The van der Waals surface area contributed by atoms with Gasteiger partial charge < -0.3 is 20.3 Å². The van der Waals surface area contributed by atoms with Gasteiger partial charge in [0.15, 0.2) is 6.61 Å². The number of rotatable bonds is 8. The topological polar surface area (TPSA) is 78.8 Å². The Hall–Kier alpha value is -2.08. The second-order valence-corrected chi connectivity index (χ2v) is 7.73. The van der Waals surface area contributed by atoms with Crippen LogP contribution in [0.1, 0.15) is 48.8 Å². The Bertz CT molecular complexity index is 798. The summed E-state index contributed by atoms with van der Waals surface area (Å²) in [5.41, 5.74) is 1.99. The molecular formula is C22H26ClNO4. The maximum atomic E-state index is 10.7. The molecule has 3 unspecified atom stereocenters. The van der Waals surface area contributed by atoms with Crippen LogP contribution in [0.25, 0.3) is 0 Å². The number of aliphatic hydroxyl groups is 1. The molecule has 0 spiro atoms. The van der Waals surface area contributed by atoms with E-state index in [4.69, 9.17) is 21.4 Å². The first-order valence-electron chi connectivity index (χ1n) is 9.62. The minimum absolute atomic E-state index is 0.330. The molecule has 1 aliphatic rings. The molecular weight excluding hydrogens is 378 g/mol. The molecule has 2 aromatic rings. The van der Waals surface area contributed by atoms with E-state index in [1.54, 1.807) is 18.2 Å². The molecule has 0 bridgehead atoms. The third-order valence-corrected chi connectivity index (χ3v) is 5.43. The molecule has 28 heavy (non-hydrogen) atoms. The Balaban J connectivity index is 1.55. The Morgan fingerprint density at radius 1 is 1.21 bits per heavy atom. The molecule has 0 aromatic heterocycles. The Morgan fingerprint density at radius 3 is 2.82 bits per heavy atom. The number of carboxylic acid groups (broad SMARTS) is 1. The standard InChI is InChI=1S/C22H26ClNO4/c23-18-7-1-6-17(10-18)21(25)13-24-19-8-2-4-15(11-19)16-5-3-9-20(12-16)28-14-22(26)27/h1,3,5-7,9-10,12,15,19,21,24-25H,2,4,8,11,13-14H2,(H,26,27). The van der Waals surface area contributed by atoms with Gasteiger partial charge in [0, 0.05) is 17.6 Å². The summed E-state index contributed by atoms with van der Waals surface area (Å²) in [5.74, 6) is -0.0000958. The summed E-state index contributed by atoms with van der Waals surface area (Å²) in [7, 11) is 0. The number of ether oxygens (including phenoxy) is 1. The van der Waals surface area contributed by atoms with Gasteiger partial charge in [-0.15, -0.1) is 0 Å². The lowest BCUT2D eigenvalue weighted by atomic mass is 9.81. The number of carbonyl (C=O) groups is 1. The molecule has 2 aromatic carbocycles. The number of benzene rings is 2. The first-order chi connectivity index (χ1) is 13.5. The highest BCUT2D eigenvalue weighted by Crippen LogP contribution is 2.34. The summed E-state index contributed by atoms with van der Waals surface area (Å²) in [6.07, 6.45) is 3.66. The summed E-state index contributed by atoms with van der Waals surface area (Å²) >= 11 is 6.00. The summed E-state index contributed by atoms with van der Waals surface area (Å²) < 4.78 is 5.30. The highest BCUT2D eigenvalue weighted by Gasteiger charge is 2.24. The van der Waals surface area contributed by atoms with Crippen molar-refractivity contribution in [3.05, 3.63) is 64.7 Å². The molecule has 6 heteroatoms. The van der Waals surface area contributed by atoms with Gasteiger partial charge in [0.05, 0.1) is 6.10 Å². The first-order valence-corrected chi connectivity index (χ1v) is 10.0. The number of aliphatic carboxylic acids is 1. The Labute approximate surface area is 170 Å². The summed E-state index contributed by atoms with van der Waals surface area (Å²) in [6.45, 7) is 0.152. The van der Waals surface area contributed by atoms with Gasteiger partial charge in [-0.2, -0.15) is 0 Å². The van der Waals surface area contributed by atoms with Crippen LogP contribution in [0.3, 0.4) is 0 Å². The van der Waals surface area contributed by atoms with Crippen LogP contribution >= 0.6 is 11.6 Å². The number of carboxylic acids is 1. The molecule has 3 rings (SSSR count). The molecule has 150 valence electrons. The average molecular weight is 404 g/mol. The highest BCUT2D eigenvalue weighted by atomic mass is 35.5. The van der Waals surface area contributed by atoms with Crippen LogP contribution in [0.4, 0.5) is 0 Å². The lowest BCUT2D eigenvalue weighted by Crippen LogP contribution is -2.36. The van der Waals surface area contributed by atoms with Crippen molar-refractivity contribution in [1.29, 1.82) is 0 Å². The van der Waals surface area contributed by atoms with Gasteiger partial charge in [-0.05, 0) is 60.6 Å². The molecule has 5 nitrogen and oxygen atoms in total. The predicted octanol–water partition coefficient (Wildman–Crippen LogP) is 4.15. The Kier molecular flexibility index (Phi) is 7.31. The van der Waals surface area contributed by atoms with Crippen LogP contribution < -0.4 is 10.1 Å². The third kappa shape index (κ3) is 5.96. The van der Waals surface area contributed by atoms with Gasteiger partial charge in [0.1, 0.15) is 5.75 Å². The fourth-order valence-corrected chi connectivity index (χ4v) is 3.99. The van der Waals surface area contributed by atoms with E-state index in [1.165, 1.54) is 5.56 Å². The zero-order chi connectivity index (χ0) is 19.9. The van der Waals surface area contributed by atoms with Gasteiger partial charge in [-0.25, -0.2) is 4.79 Å². The molecule has 3 atom stereocenters. The molecule has 1 fully saturated rings. The molecule has 0 heterocycles. The van der Waals surface area contributed by atoms with Crippen molar-refractivity contribution >= 4 is 17.6 Å². The summed E-state index contributed by atoms with van der Waals surface area (Å²) in [6, 6.07) is 15.3. The van der Waals surface area contributed by atoms with Crippen LogP contribution in [0, 0.1) is 0 Å². The van der Waals surface area contributed by atoms with E-state index in [1.807, 2.05) is 24.3 Å². The van der Waals surface area contributed by atoms with Gasteiger partial charge in [-0.3, -0.25) is 0 Å². The second kappa shape index (κ2) is 9.92. The first kappa shape index (κ1) is 20.6. The van der Waals surface area contributed by atoms with Gasteiger partial charge >= 0.3 is 5.97 Å². The van der Waals surface area contributed by atoms with Crippen LogP contribution in [-0.2, 0) is 4.79 Å². The number of hydrogen-bond donors (Lipinski definition) is 3. The van der Waals surface area contributed by atoms with Crippen LogP contribution in [-0.4, -0.2) is 35.4 Å². The summed E-state index contributed by atoms with van der Waals surface area (Å²) in [5, 5.41) is 23.3. The minimum Gasteiger partial charge on any atom is -0.482 e. The number of hydrogen-bond acceptors (Lipinski definition) is 4. The monoisotopic (exact) mass is 403 g/mol. The smallest absolute Gasteiger partial charge is 0.341 e. The zero-order valence-corrected chi connectivity index (χ0v) is 16.4. The summed E-state index contributed by atoms with van der Waals surface area (Å²) in [4.78, 5) is 10.7. The third-order valence-electron chi connectivity index (χ3n) is 5.20. The lowest BCUT2D eigenvalue weighted by Gasteiger charge is -2.31. The van der Waals surface area contributed by atoms with Crippen molar-refractivity contribution in [1.82, 2.24) is 5.32 Å². The van der Waals surface area contributed by atoms with E-state index in [0.29, 0.717) is 29.3 Å². The number of aliphatic hydroxyl groups excluding tert-OH is 1. The predicted molar refractivity (Wildman–Crippen MR) is 109 cm³/mol. The van der Waals surface area contributed by atoms with E-state index in [9.17, 15) is 9.90 Å². The molecule has 1 aliphatic carbocycles. The number of halogens is 1. The van der Waals surface area contributed by atoms with Crippen molar-refractivity contribution in [3.63, 3.8) is 0 Å². The maximum Gasteiger partial charge on any atom is 0.341 e. The number of nitrogens with one attached hydrogen (secondary N) is 1. The fourth-order valence-electron chi connectivity index (χ4n) is 3.79. The van der Waals surface area contributed by atoms with Crippen molar-refractivity contribution in [2.45, 2.75) is 43.7 Å². The SMILES string of the molecule is O=C(O)COc1cccc(C2CCCC(NCC(O)c3cccc(Cl)c3)C2)c1. The van der Waals surface area contributed by atoms with Gasteiger partial charge in [0.2, 0.25) is 0 Å². The van der Waals surface area contributed by atoms with Gasteiger partial charge in [-0.1, -0.05) is 42.3 Å². The maximum absolute atomic E-state index is 10.7. The normalized spacial score (nSPS) is 20.5. The largest absolute Gasteiger partial charge is 0.482 e. The molecule has 0 aliphatic heterocycles. The fraction of sp³-hybridized carbons (Fsp3) is 0.409.